The summed E-state index contributed by atoms with van der Waals surface area (Å²) in [5.74, 6) is 0.516. The number of ether oxygens (including phenoxy) is 1. The molecule has 0 unspecified atom stereocenters. The normalized spacial score (nSPS) is 20.4. The maximum atomic E-state index is 10.4. The number of rotatable bonds is 11. The number of imidazole rings is 1. The molecule has 1 fully saturated rings. The average Bonchev–Trinajstić information content (AvgIpc) is 3.66. The third-order valence-corrected chi connectivity index (χ3v) is 14.4. The molecule has 9 heteroatoms. The van der Waals surface area contributed by atoms with Gasteiger partial charge in [0.05, 0.1) is 25.1 Å². The molecule has 244 valence electrons. The summed E-state index contributed by atoms with van der Waals surface area (Å²) in [5, 5.41) is 14.2. The Morgan fingerprint density at radius 2 is 1.45 bits per heavy atom. The lowest BCUT2D eigenvalue weighted by Gasteiger charge is -2.40. The van der Waals surface area contributed by atoms with E-state index < -0.39 is 26.2 Å². The third kappa shape index (κ3) is 6.04. The summed E-state index contributed by atoms with van der Waals surface area (Å²) in [4.78, 5) is 14.4. The number of aliphatic hydroxyl groups is 1. The molecule has 0 radical (unpaired) electrons. The van der Waals surface area contributed by atoms with Gasteiger partial charge in [-0.05, 0) is 41.2 Å². The monoisotopic (exact) mass is 647 g/mol. The average molecular weight is 648 g/mol. The molecule has 2 N–H and O–H groups in total. The van der Waals surface area contributed by atoms with Crippen molar-refractivity contribution in [3.05, 3.63) is 133 Å². The van der Waals surface area contributed by atoms with Crippen LogP contribution in [0, 0.1) is 5.92 Å². The maximum absolute atomic E-state index is 10.4. The van der Waals surface area contributed by atoms with Gasteiger partial charge in [-0.1, -0.05) is 118 Å². The molecule has 0 amide bonds. The molecule has 8 nitrogen and oxygen atoms in total. The number of allylic oxidation sites excluding steroid dienone is 1. The van der Waals surface area contributed by atoms with Gasteiger partial charge in [0.2, 0.25) is 0 Å². The van der Waals surface area contributed by atoms with Crippen molar-refractivity contribution in [2.45, 2.75) is 69.3 Å². The van der Waals surface area contributed by atoms with Crippen LogP contribution in [0.5, 0.6) is 0 Å². The molecule has 4 atom stereocenters. The van der Waals surface area contributed by atoms with Gasteiger partial charge in [-0.2, -0.15) is 0 Å². The van der Waals surface area contributed by atoms with Gasteiger partial charge in [0, 0.05) is 5.92 Å². The van der Waals surface area contributed by atoms with E-state index in [2.05, 4.69) is 119 Å². The molecule has 5 aromatic rings. The van der Waals surface area contributed by atoms with Gasteiger partial charge < -0.3 is 19.6 Å². The highest BCUT2D eigenvalue weighted by Gasteiger charge is 2.50. The number of benzene rings is 3. The first-order valence-electron chi connectivity index (χ1n) is 16.3. The first-order valence-corrected chi connectivity index (χ1v) is 19.2. The van der Waals surface area contributed by atoms with Crippen LogP contribution in [0.4, 0.5) is 5.82 Å². The Bertz CT molecular complexity index is 1690. The highest BCUT2D eigenvalue weighted by Crippen LogP contribution is 2.46. The predicted molar refractivity (Wildman–Crippen MR) is 190 cm³/mol. The summed E-state index contributed by atoms with van der Waals surface area (Å²) >= 11 is 0. The number of aliphatic hydroxyl groups excluding tert-OH is 1. The van der Waals surface area contributed by atoms with Gasteiger partial charge in [0.25, 0.3) is 0 Å². The van der Waals surface area contributed by atoms with Gasteiger partial charge in [-0.15, -0.1) is 6.58 Å². The smallest absolute Gasteiger partial charge is 0.192 e. The zero-order chi connectivity index (χ0) is 33.2. The van der Waals surface area contributed by atoms with Crippen LogP contribution in [0.25, 0.3) is 11.2 Å². The fourth-order valence-corrected chi connectivity index (χ4v) is 7.74. The fourth-order valence-electron chi connectivity index (χ4n) is 6.41. The van der Waals surface area contributed by atoms with Crippen molar-refractivity contribution in [3.8, 4) is 0 Å². The third-order valence-electron chi connectivity index (χ3n) is 9.91. The van der Waals surface area contributed by atoms with Crippen LogP contribution < -0.4 is 5.32 Å². The molecule has 0 spiro atoms. The van der Waals surface area contributed by atoms with Crippen molar-refractivity contribution in [1.82, 2.24) is 19.5 Å². The first kappa shape index (κ1) is 32.8. The van der Waals surface area contributed by atoms with Crippen LogP contribution in [-0.4, -0.2) is 51.8 Å². The zero-order valence-electron chi connectivity index (χ0n) is 27.9. The van der Waals surface area contributed by atoms with Crippen molar-refractivity contribution in [3.63, 3.8) is 0 Å². The number of nitrogens with one attached hydrogen (secondary N) is 1. The summed E-state index contributed by atoms with van der Waals surface area (Å²) in [6.45, 7) is 15.1. The topological polar surface area (TPSA) is 94.3 Å². The van der Waals surface area contributed by atoms with Crippen molar-refractivity contribution >= 4 is 25.3 Å². The van der Waals surface area contributed by atoms with E-state index in [1.165, 1.54) is 0 Å². The Hall–Kier alpha value is -4.15. The van der Waals surface area contributed by atoms with Crippen molar-refractivity contribution in [1.29, 1.82) is 0 Å². The summed E-state index contributed by atoms with van der Waals surface area (Å²) < 4.78 is 15.6. The minimum atomic E-state index is -2.23. The van der Waals surface area contributed by atoms with Gasteiger partial charge in [0.1, 0.15) is 11.9 Å². The van der Waals surface area contributed by atoms with E-state index in [9.17, 15) is 5.11 Å². The van der Waals surface area contributed by atoms with E-state index in [1.54, 1.807) is 12.7 Å². The predicted octanol–water partition coefficient (Wildman–Crippen LogP) is 7.70. The van der Waals surface area contributed by atoms with Crippen LogP contribution in [0.2, 0.25) is 18.1 Å². The Kier molecular flexibility index (Phi) is 9.17. The molecular formula is C38H45N5O3Si. The lowest BCUT2D eigenvalue weighted by Crippen LogP contribution is -2.47. The first-order chi connectivity index (χ1) is 22.6. The SMILES string of the molecule is C=CC[C@H]1[C@@H](O[Si](C)(C)C(C)(C)C)[C@H](n2cnc3c(NC(c4ccccc4)(c4ccccc4)c4ccccc4)ncnc32)O[C@@H]1CO. The van der Waals surface area contributed by atoms with E-state index in [1.807, 2.05) is 28.8 Å². The second kappa shape index (κ2) is 13.2. The standard InChI is InChI=1S/C38H45N5O3Si/c1-7-17-30-31(24-44)45-36(33(30)46-47(5,6)37(2,3)4)43-26-41-32-34(39-25-40-35(32)43)42-38(27-18-11-8-12-19-27,28-20-13-9-14-21-28)29-22-15-10-16-23-29/h7-16,18-23,25-26,30-31,33,36,44H,1,17,24H2,2-6H3,(H,39,40,42)/t30-,31-,33-,36-/m1/s1. The van der Waals surface area contributed by atoms with Gasteiger partial charge in [-0.3, -0.25) is 4.57 Å². The second-order valence-corrected chi connectivity index (χ2v) is 18.6. The summed E-state index contributed by atoms with van der Waals surface area (Å²) in [6.07, 6.45) is 4.59. The van der Waals surface area contributed by atoms with E-state index in [0.717, 1.165) is 16.7 Å². The highest BCUT2D eigenvalue weighted by atomic mass is 28.4. The quantitative estimate of drug-likeness (QED) is 0.0862. The Labute approximate surface area is 278 Å². The lowest BCUT2D eigenvalue weighted by atomic mass is 9.77. The summed E-state index contributed by atoms with van der Waals surface area (Å²) in [5.41, 5.74) is 3.62. The number of hydrogen-bond donors (Lipinski definition) is 2. The lowest BCUT2D eigenvalue weighted by molar-refractivity contribution is -0.0469. The summed E-state index contributed by atoms with van der Waals surface area (Å²) in [6, 6.07) is 31.2. The number of nitrogens with zero attached hydrogens (tertiary/aromatic N) is 4. The van der Waals surface area contributed by atoms with Gasteiger partial charge in [0.15, 0.2) is 31.5 Å². The van der Waals surface area contributed by atoms with Crippen LogP contribution in [0.1, 0.15) is 50.1 Å². The minimum Gasteiger partial charge on any atom is -0.409 e. The molecule has 0 bridgehead atoms. The minimum absolute atomic E-state index is 0.0144. The van der Waals surface area contributed by atoms with E-state index in [-0.39, 0.29) is 23.7 Å². The molecule has 1 saturated heterocycles. The largest absolute Gasteiger partial charge is 0.409 e. The Balaban J connectivity index is 1.49. The van der Waals surface area contributed by atoms with Gasteiger partial charge >= 0.3 is 0 Å². The van der Waals surface area contributed by atoms with Crippen molar-refractivity contribution < 1.29 is 14.3 Å². The zero-order valence-corrected chi connectivity index (χ0v) is 28.9. The van der Waals surface area contributed by atoms with Crippen molar-refractivity contribution in [2.75, 3.05) is 11.9 Å². The van der Waals surface area contributed by atoms with E-state index >= 15 is 0 Å². The Morgan fingerprint density at radius 1 is 0.894 bits per heavy atom. The number of fused-ring (bicyclic) bond motifs is 1. The van der Waals surface area contributed by atoms with E-state index in [4.69, 9.17) is 24.1 Å². The van der Waals surface area contributed by atoms with Crippen LogP contribution in [0.15, 0.2) is 116 Å². The van der Waals surface area contributed by atoms with Crippen molar-refractivity contribution in [2.24, 2.45) is 5.92 Å². The second-order valence-electron chi connectivity index (χ2n) is 13.8. The molecular weight excluding hydrogens is 603 g/mol. The molecule has 1 aliphatic heterocycles. The highest BCUT2D eigenvalue weighted by molar-refractivity contribution is 6.74. The Morgan fingerprint density at radius 3 is 1.94 bits per heavy atom. The van der Waals surface area contributed by atoms with Crippen LogP contribution in [0.3, 0.4) is 0 Å². The molecule has 3 aromatic carbocycles. The molecule has 0 saturated carbocycles. The van der Waals surface area contributed by atoms with E-state index in [0.29, 0.717) is 23.4 Å². The molecule has 47 heavy (non-hydrogen) atoms. The number of aromatic nitrogens is 4. The number of hydrogen-bond acceptors (Lipinski definition) is 7. The fraction of sp³-hybridized carbons (Fsp3) is 0.342. The van der Waals surface area contributed by atoms with Gasteiger partial charge in [-0.25, -0.2) is 15.0 Å². The maximum Gasteiger partial charge on any atom is 0.192 e. The summed E-state index contributed by atoms with van der Waals surface area (Å²) in [7, 11) is -2.23. The molecule has 0 aliphatic carbocycles. The molecule has 1 aliphatic rings. The molecule has 6 rings (SSSR count). The van der Waals surface area contributed by atoms with Crippen LogP contribution >= 0.6 is 0 Å². The molecule has 3 heterocycles. The number of anilines is 1. The molecule has 2 aromatic heterocycles. The van der Waals surface area contributed by atoms with Crippen LogP contribution in [-0.2, 0) is 14.7 Å².